The Balaban J connectivity index is 2.93. The second-order valence-corrected chi connectivity index (χ2v) is 6.57. The van der Waals surface area contributed by atoms with Crippen LogP contribution in [0.4, 0.5) is 43.9 Å². The lowest BCUT2D eigenvalue weighted by Crippen LogP contribution is -2.50. The maximum absolute atomic E-state index is 14.8. The molecule has 0 aliphatic rings. The number of hydrogen-bond donors (Lipinski definition) is 0. The normalized spacial score (nSPS) is 13.1. The summed E-state index contributed by atoms with van der Waals surface area (Å²) in [5, 5.41) is 8.76. The maximum atomic E-state index is 14.8. The molecule has 30 heavy (non-hydrogen) atoms. The number of nitriles is 1. The number of ether oxygens (including phenoxy) is 1. The summed E-state index contributed by atoms with van der Waals surface area (Å²) in [6.45, 7) is 0. The van der Waals surface area contributed by atoms with Crippen LogP contribution in [0.15, 0.2) is 40.9 Å². The topological polar surface area (TPSA) is 33.0 Å². The molecule has 2 aromatic carbocycles. The Morgan fingerprint density at radius 3 is 1.70 bits per heavy atom. The second-order valence-electron chi connectivity index (χ2n) is 5.72. The van der Waals surface area contributed by atoms with E-state index in [-0.39, 0.29) is 11.6 Å². The van der Waals surface area contributed by atoms with Crippen LogP contribution in [0.2, 0.25) is 0 Å². The number of nitrogens with zero attached hydrogens (tertiary/aromatic N) is 1. The third kappa shape index (κ3) is 4.48. The van der Waals surface area contributed by atoms with Crippen molar-refractivity contribution in [3.63, 3.8) is 0 Å². The van der Waals surface area contributed by atoms with Crippen molar-refractivity contribution in [2.24, 2.45) is 0 Å². The predicted octanol–water partition coefficient (Wildman–Crippen LogP) is 7.18. The van der Waals surface area contributed by atoms with Gasteiger partial charge in [0.2, 0.25) is 0 Å². The Kier molecular flexibility index (Phi) is 6.06. The van der Waals surface area contributed by atoms with Crippen molar-refractivity contribution >= 4 is 15.9 Å². The Labute approximate surface area is 169 Å². The largest absolute Gasteiger partial charge is 0.573 e. The van der Waals surface area contributed by atoms with Crippen molar-refractivity contribution < 1.29 is 48.6 Å². The Hall–Kier alpha value is -2.49. The average Bonchev–Trinajstić information content (AvgIpc) is 2.57. The first kappa shape index (κ1) is 23.8. The van der Waals surface area contributed by atoms with E-state index in [0.29, 0.717) is 6.07 Å². The highest BCUT2D eigenvalue weighted by Crippen LogP contribution is 2.57. The van der Waals surface area contributed by atoms with Gasteiger partial charge in [-0.2, -0.15) is 31.6 Å². The lowest BCUT2D eigenvalue weighted by atomic mass is 9.86. The molecule has 0 atom stereocenters. The number of alkyl halides is 10. The van der Waals surface area contributed by atoms with Crippen molar-refractivity contribution in [2.75, 3.05) is 0 Å². The quantitative estimate of drug-likeness (QED) is 0.411. The van der Waals surface area contributed by atoms with Gasteiger partial charge < -0.3 is 4.74 Å². The fourth-order valence-electron chi connectivity index (χ4n) is 2.52. The van der Waals surface area contributed by atoms with Gasteiger partial charge in [-0.05, 0) is 29.8 Å². The monoisotopic (exact) mass is 509 g/mol. The number of rotatable bonds is 3. The molecule has 0 aliphatic heterocycles. The summed E-state index contributed by atoms with van der Waals surface area (Å²) in [4.78, 5) is 0. The molecule has 0 N–H and O–H groups in total. The summed E-state index contributed by atoms with van der Waals surface area (Å²) in [5.41, 5.74) is -9.67. The van der Waals surface area contributed by atoms with Crippen LogP contribution in [0.1, 0.15) is 11.1 Å². The zero-order valence-electron chi connectivity index (χ0n) is 14.0. The number of benzene rings is 2. The standard InChI is InChI=1S/C17H6BrF10NO/c18-12-6-10(30-17(26,27)28)5-11(14(19,15(20,21)22)16(23,24)25)13(12)9-3-1-8(7-29)2-4-9/h1-6H. The van der Waals surface area contributed by atoms with Crippen LogP contribution >= 0.6 is 15.9 Å². The summed E-state index contributed by atoms with van der Waals surface area (Å²) in [7, 11) is 0. The minimum atomic E-state index is -6.58. The van der Waals surface area contributed by atoms with Gasteiger partial charge in [0, 0.05) is 15.6 Å². The smallest absolute Gasteiger partial charge is 0.406 e. The highest BCUT2D eigenvalue weighted by Gasteiger charge is 2.74. The van der Waals surface area contributed by atoms with E-state index in [1.165, 1.54) is 0 Å². The maximum Gasteiger partial charge on any atom is 0.573 e. The van der Waals surface area contributed by atoms with E-state index in [0.717, 1.165) is 24.3 Å². The first-order chi connectivity index (χ1) is 13.5. The fourth-order valence-corrected chi connectivity index (χ4v) is 3.19. The first-order valence-corrected chi connectivity index (χ1v) is 8.23. The van der Waals surface area contributed by atoms with Gasteiger partial charge >= 0.3 is 24.4 Å². The van der Waals surface area contributed by atoms with Gasteiger partial charge in [-0.3, -0.25) is 0 Å². The van der Waals surface area contributed by atoms with E-state index in [9.17, 15) is 43.9 Å². The molecule has 2 rings (SSSR count). The van der Waals surface area contributed by atoms with Crippen molar-refractivity contribution in [3.05, 3.63) is 52.0 Å². The van der Waals surface area contributed by atoms with Crippen molar-refractivity contribution in [1.82, 2.24) is 0 Å². The summed E-state index contributed by atoms with van der Waals surface area (Å²) in [6.07, 6.45) is -18.6. The van der Waals surface area contributed by atoms with Gasteiger partial charge in [-0.25, -0.2) is 4.39 Å². The third-order valence-corrected chi connectivity index (χ3v) is 4.38. The molecule has 0 saturated heterocycles. The molecule has 2 aromatic rings. The Bertz CT molecular complexity index is 957. The van der Waals surface area contributed by atoms with E-state index in [4.69, 9.17) is 5.26 Å². The molecule has 13 heteroatoms. The second kappa shape index (κ2) is 7.64. The van der Waals surface area contributed by atoms with Crippen molar-refractivity contribution in [3.8, 4) is 22.9 Å². The van der Waals surface area contributed by atoms with Gasteiger partial charge in [-0.1, -0.05) is 28.1 Å². The summed E-state index contributed by atoms with van der Waals surface area (Å²) < 4.78 is 135. The molecule has 162 valence electrons. The van der Waals surface area contributed by atoms with Crippen LogP contribution in [-0.4, -0.2) is 18.7 Å². The molecule has 0 radical (unpaired) electrons. The Morgan fingerprint density at radius 2 is 1.30 bits per heavy atom. The minimum Gasteiger partial charge on any atom is -0.406 e. The van der Waals surface area contributed by atoms with Crippen molar-refractivity contribution in [1.29, 1.82) is 5.26 Å². The highest BCUT2D eigenvalue weighted by molar-refractivity contribution is 9.10. The molecule has 0 heterocycles. The lowest BCUT2D eigenvalue weighted by molar-refractivity contribution is -0.348. The number of halogens is 11. The van der Waals surface area contributed by atoms with Crippen LogP contribution in [0.5, 0.6) is 5.75 Å². The molecular weight excluding hydrogens is 504 g/mol. The van der Waals surface area contributed by atoms with Crippen LogP contribution in [0, 0.1) is 11.3 Å². The molecule has 0 aliphatic carbocycles. The highest BCUT2D eigenvalue weighted by atomic mass is 79.9. The van der Waals surface area contributed by atoms with E-state index >= 15 is 0 Å². The first-order valence-electron chi connectivity index (χ1n) is 7.44. The average molecular weight is 510 g/mol. The summed E-state index contributed by atoms with van der Waals surface area (Å²) in [5.74, 6) is -1.50. The molecule has 0 saturated carbocycles. The van der Waals surface area contributed by atoms with Gasteiger partial charge in [0.05, 0.1) is 11.6 Å². The van der Waals surface area contributed by atoms with Crippen LogP contribution < -0.4 is 4.74 Å². The van der Waals surface area contributed by atoms with Crippen LogP contribution in [0.25, 0.3) is 11.1 Å². The minimum absolute atomic E-state index is 0.0217. The zero-order chi connectivity index (χ0) is 23.1. The van der Waals surface area contributed by atoms with Gasteiger partial charge in [-0.15, -0.1) is 13.2 Å². The predicted molar refractivity (Wildman–Crippen MR) is 85.9 cm³/mol. The van der Waals surface area contributed by atoms with E-state index in [2.05, 4.69) is 20.7 Å². The molecule has 0 spiro atoms. The van der Waals surface area contributed by atoms with Crippen molar-refractivity contribution in [2.45, 2.75) is 24.4 Å². The van der Waals surface area contributed by atoms with E-state index in [1.807, 2.05) is 0 Å². The van der Waals surface area contributed by atoms with Crippen LogP contribution in [-0.2, 0) is 5.67 Å². The molecule has 0 fully saturated rings. The lowest BCUT2D eigenvalue weighted by Gasteiger charge is -2.32. The third-order valence-electron chi connectivity index (χ3n) is 3.75. The molecule has 0 bridgehead atoms. The Morgan fingerprint density at radius 1 is 0.800 bits per heavy atom. The van der Waals surface area contributed by atoms with Gasteiger partial charge in [0.1, 0.15) is 5.75 Å². The molecule has 0 aromatic heterocycles. The van der Waals surface area contributed by atoms with Crippen LogP contribution in [0.3, 0.4) is 0 Å². The molecule has 0 amide bonds. The molecule has 2 nitrogen and oxygen atoms in total. The number of hydrogen-bond acceptors (Lipinski definition) is 2. The SMILES string of the molecule is N#Cc1ccc(-c2c(Br)cc(OC(F)(F)F)cc2C(F)(C(F)(F)F)C(F)(F)F)cc1. The van der Waals surface area contributed by atoms with Gasteiger partial charge in [0.25, 0.3) is 0 Å². The van der Waals surface area contributed by atoms with E-state index in [1.54, 1.807) is 6.07 Å². The molecular formula is C17H6BrF10NO. The summed E-state index contributed by atoms with van der Waals surface area (Å²) >= 11 is 2.59. The zero-order valence-corrected chi connectivity index (χ0v) is 15.6. The summed E-state index contributed by atoms with van der Waals surface area (Å²) in [6, 6.07) is 5.66. The van der Waals surface area contributed by atoms with Gasteiger partial charge in [0.15, 0.2) is 0 Å². The fraction of sp³-hybridized carbons (Fsp3) is 0.235. The van der Waals surface area contributed by atoms with E-state index < -0.39 is 51.3 Å². The molecule has 0 unspecified atom stereocenters.